The zero-order valence-corrected chi connectivity index (χ0v) is 17.4. The fourth-order valence-electron chi connectivity index (χ4n) is 4.79. The van der Waals surface area contributed by atoms with E-state index in [9.17, 15) is 19.2 Å². The molecule has 0 unspecified atom stereocenters. The normalized spacial score (nSPS) is 19.8. The number of benzene rings is 1. The van der Waals surface area contributed by atoms with Gasteiger partial charge in [0.1, 0.15) is 6.42 Å². The van der Waals surface area contributed by atoms with E-state index in [0.717, 1.165) is 32.1 Å². The highest BCUT2D eigenvalue weighted by molar-refractivity contribution is 6.22. The molecule has 0 radical (unpaired) electrons. The molecule has 2 heterocycles. The second kappa shape index (κ2) is 8.88. The van der Waals surface area contributed by atoms with E-state index < -0.39 is 0 Å². The Kier molecular flexibility index (Phi) is 6.03. The van der Waals surface area contributed by atoms with Crippen LogP contribution in [0.1, 0.15) is 82.4 Å². The summed E-state index contributed by atoms with van der Waals surface area (Å²) in [7, 11) is 0. The number of nitrogens with zero attached hydrogens (tertiary/aromatic N) is 3. The highest BCUT2D eigenvalue weighted by atomic mass is 16.2. The van der Waals surface area contributed by atoms with Crippen LogP contribution in [0.2, 0.25) is 0 Å². The molecule has 0 spiro atoms. The molecule has 1 aromatic carbocycles. The van der Waals surface area contributed by atoms with Crippen molar-refractivity contribution in [2.24, 2.45) is 0 Å². The van der Waals surface area contributed by atoms with E-state index in [-0.39, 0.29) is 42.1 Å². The lowest BCUT2D eigenvalue weighted by molar-refractivity contribution is -0.131. The van der Waals surface area contributed by atoms with E-state index in [0.29, 0.717) is 42.6 Å². The van der Waals surface area contributed by atoms with Gasteiger partial charge in [-0.15, -0.1) is 0 Å². The van der Waals surface area contributed by atoms with Gasteiger partial charge in [0.25, 0.3) is 17.7 Å². The average Bonchev–Trinajstić information content (AvgIpc) is 3.04. The fourth-order valence-corrected chi connectivity index (χ4v) is 4.79. The highest BCUT2D eigenvalue weighted by Crippen LogP contribution is 2.31. The molecule has 2 aliphatic heterocycles. The van der Waals surface area contributed by atoms with Crippen molar-refractivity contribution in [1.29, 1.82) is 5.26 Å². The van der Waals surface area contributed by atoms with Gasteiger partial charge in [-0.25, -0.2) is 0 Å². The number of fused-ring (bicyclic) bond motifs is 1. The summed E-state index contributed by atoms with van der Waals surface area (Å²) < 4.78 is 0. The molecule has 31 heavy (non-hydrogen) atoms. The lowest BCUT2D eigenvalue weighted by atomic mass is 9.94. The Balaban J connectivity index is 1.40. The molecular formula is C23H26N4O4. The smallest absolute Gasteiger partial charge is 0.261 e. The molecule has 0 bridgehead atoms. The van der Waals surface area contributed by atoms with Crippen molar-refractivity contribution < 1.29 is 19.2 Å². The van der Waals surface area contributed by atoms with Gasteiger partial charge in [0.2, 0.25) is 5.91 Å². The van der Waals surface area contributed by atoms with Crippen LogP contribution in [0.4, 0.5) is 0 Å². The predicted molar refractivity (Wildman–Crippen MR) is 111 cm³/mol. The van der Waals surface area contributed by atoms with Crippen LogP contribution in [0.15, 0.2) is 18.2 Å². The molecule has 8 heteroatoms. The molecule has 1 saturated heterocycles. The van der Waals surface area contributed by atoms with Crippen molar-refractivity contribution in [3.63, 3.8) is 0 Å². The molecule has 1 aliphatic carbocycles. The van der Waals surface area contributed by atoms with Crippen LogP contribution >= 0.6 is 0 Å². The fraction of sp³-hybridized carbons (Fsp3) is 0.522. The van der Waals surface area contributed by atoms with Crippen LogP contribution in [0.25, 0.3) is 0 Å². The van der Waals surface area contributed by atoms with Crippen molar-refractivity contribution in [2.45, 2.75) is 63.5 Å². The number of likely N-dealkylation sites (tertiary alicyclic amines) is 1. The van der Waals surface area contributed by atoms with Gasteiger partial charge in [0.15, 0.2) is 0 Å². The monoisotopic (exact) mass is 422 g/mol. The summed E-state index contributed by atoms with van der Waals surface area (Å²) >= 11 is 0. The number of hydrogen-bond donors (Lipinski definition) is 1. The number of imide groups is 1. The van der Waals surface area contributed by atoms with Crippen molar-refractivity contribution in [3.05, 3.63) is 34.9 Å². The third kappa shape index (κ3) is 4.18. The minimum Gasteiger partial charge on any atom is -0.349 e. The Morgan fingerprint density at radius 2 is 1.68 bits per heavy atom. The first kappa shape index (κ1) is 21.0. The minimum absolute atomic E-state index is 0.0487. The van der Waals surface area contributed by atoms with E-state index in [1.807, 2.05) is 6.07 Å². The average molecular weight is 422 g/mol. The Bertz CT molecular complexity index is 953. The van der Waals surface area contributed by atoms with E-state index in [1.54, 1.807) is 17.0 Å². The van der Waals surface area contributed by atoms with Crippen LogP contribution in [-0.2, 0) is 4.79 Å². The van der Waals surface area contributed by atoms with Crippen LogP contribution in [0.5, 0.6) is 0 Å². The summed E-state index contributed by atoms with van der Waals surface area (Å²) in [5.74, 6) is -1.03. The second-order valence-electron chi connectivity index (χ2n) is 8.50. The maximum absolute atomic E-state index is 12.9. The molecule has 0 aromatic heterocycles. The van der Waals surface area contributed by atoms with Crippen molar-refractivity contribution >= 4 is 23.6 Å². The van der Waals surface area contributed by atoms with Gasteiger partial charge < -0.3 is 10.2 Å². The first-order valence-corrected chi connectivity index (χ1v) is 11.0. The first-order valence-electron chi connectivity index (χ1n) is 11.0. The number of nitriles is 1. The van der Waals surface area contributed by atoms with Gasteiger partial charge in [0, 0.05) is 30.7 Å². The second-order valence-corrected chi connectivity index (χ2v) is 8.50. The molecule has 1 N–H and O–H groups in total. The van der Waals surface area contributed by atoms with Crippen LogP contribution in [0.3, 0.4) is 0 Å². The maximum atomic E-state index is 12.9. The Morgan fingerprint density at radius 3 is 2.35 bits per heavy atom. The SMILES string of the molecule is N#CCC(=O)N1CCC(NC(=O)c2ccc3c(c2)C(=O)N(C2CCCCC2)C3=O)CC1. The van der Waals surface area contributed by atoms with Crippen molar-refractivity contribution in [1.82, 2.24) is 15.1 Å². The number of carbonyl (C=O) groups is 4. The molecule has 2 fully saturated rings. The van der Waals surface area contributed by atoms with Crippen molar-refractivity contribution in [2.75, 3.05) is 13.1 Å². The molecule has 0 atom stereocenters. The molecule has 1 saturated carbocycles. The quantitative estimate of drug-likeness (QED) is 0.748. The van der Waals surface area contributed by atoms with E-state index in [1.165, 1.54) is 11.0 Å². The van der Waals surface area contributed by atoms with Gasteiger partial charge in [-0.2, -0.15) is 5.26 Å². The summed E-state index contributed by atoms with van der Waals surface area (Å²) in [6.45, 7) is 0.998. The molecular weight excluding hydrogens is 396 g/mol. The van der Waals surface area contributed by atoms with Gasteiger partial charge in [-0.1, -0.05) is 19.3 Å². The lowest BCUT2D eigenvalue weighted by Crippen LogP contribution is -2.46. The molecule has 162 valence electrons. The molecule has 4 amide bonds. The van der Waals surface area contributed by atoms with Crippen LogP contribution < -0.4 is 5.32 Å². The first-order chi connectivity index (χ1) is 15.0. The third-order valence-electron chi connectivity index (χ3n) is 6.53. The minimum atomic E-state index is -0.300. The summed E-state index contributed by atoms with van der Waals surface area (Å²) in [5, 5.41) is 11.6. The zero-order chi connectivity index (χ0) is 22.0. The standard InChI is InChI=1S/C23H26N4O4/c24-11-8-20(28)26-12-9-16(10-13-26)25-21(29)15-6-7-18-19(14-15)23(31)27(22(18)30)17-4-2-1-3-5-17/h6-7,14,16-17H,1-5,8-10,12-13H2,(H,25,29). The topological polar surface area (TPSA) is 111 Å². The predicted octanol–water partition coefficient (Wildman–Crippen LogP) is 2.25. The van der Waals surface area contributed by atoms with E-state index >= 15 is 0 Å². The Morgan fingerprint density at radius 1 is 1.00 bits per heavy atom. The van der Waals surface area contributed by atoms with Gasteiger partial charge in [0.05, 0.1) is 17.2 Å². The summed E-state index contributed by atoms with van der Waals surface area (Å²) in [5.41, 5.74) is 1.03. The number of piperidine rings is 1. The Labute approximate surface area is 181 Å². The van der Waals surface area contributed by atoms with E-state index in [4.69, 9.17) is 5.26 Å². The van der Waals surface area contributed by atoms with Gasteiger partial charge in [-0.05, 0) is 43.9 Å². The van der Waals surface area contributed by atoms with Crippen LogP contribution in [-0.4, -0.2) is 58.6 Å². The molecule has 8 nitrogen and oxygen atoms in total. The van der Waals surface area contributed by atoms with Crippen molar-refractivity contribution in [3.8, 4) is 6.07 Å². The molecule has 1 aromatic rings. The molecule has 3 aliphatic rings. The van der Waals surface area contributed by atoms with Crippen LogP contribution in [0, 0.1) is 11.3 Å². The number of carbonyl (C=O) groups excluding carboxylic acids is 4. The number of rotatable bonds is 4. The lowest BCUT2D eigenvalue weighted by Gasteiger charge is -2.32. The largest absolute Gasteiger partial charge is 0.349 e. The number of amides is 4. The third-order valence-corrected chi connectivity index (χ3v) is 6.53. The van der Waals surface area contributed by atoms with Gasteiger partial charge >= 0.3 is 0 Å². The van der Waals surface area contributed by atoms with E-state index in [2.05, 4.69) is 5.32 Å². The summed E-state index contributed by atoms with van der Waals surface area (Å²) in [6.07, 6.45) is 5.95. The number of hydrogen-bond acceptors (Lipinski definition) is 5. The Hall–Kier alpha value is -3.21. The zero-order valence-electron chi connectivity index (χ0n) is 17.4. The number of nitrogens with one attached hydrogen (secondary N) is 1. The van der Waals surface area contributed by atoms with Gasteiger partial charge in [-0.3, -0.25) is 24.1 Å². The summed E-state index contributed by atoms with van der Waals surface area (Å²) in [6, 6.07) is 6.43. The maximum Gasteiger partial charge on any atom is 0.261 e. The molecule has 4 rings (SSSR count). The highest BCUT2D eigenvalue weighted by Gasteiger charge is 2.40. The summed E-state index contributed by atoms with van der Waals surface area (Å²) in [4.78, 5) is 53.3.